The van der Waals surface area contributed by atoms with Crippen LogP contribution in [0.5, 0.6) is 11.5 Å². The number of rotatable bonds is 11. The Labute approximate surface area is 247 Å². The van der Waals surface area contributed by atoms with Crippen molar-refractivity contribution in [3.8, 4) is 11.5 Å². The van der Waals surface area contributed by atoms with Crippen LogP contribution in [-0.2, 0) is 17.8 Å². The number of hydrogen-bond acceptors (Lipinski definition) is 6. The maximum Gasteiger partial charge on any atom is 0.271 e. The number of carbonyl (C=O) groups is 2. The van der Waals surface area contributed by atoms with E-state index in [0.29, 0.717) is 31.0 Å². The molecule has 4 aromatic carbocycles. The summed E-state index contributed by atoms with van der Waals surface area (Å²) in [5, 5.41) is 15.4. The molecule has 0 aliphatic carbocycles. The molecule has 0 radical (unpaired) electrons. The Hall–Kier alpha value is -5.08. The minimum atomic E-state index is -0.470. The summed E-state index contributed by atoms with van der Waals surface area (Å²) in [6.45, 7) is 0.726. The lowest BCUT2D eigenvalue weighted by atomic mass is 10.0. The average Bonchev–Trinajstić information content (AvgIpc) is 3.53. The Kier molecular flexibility index (Phi) is 9.16. The van der Waals surface area contributed by atoms with E-state index < -0.39 is 5.91 Å². The van der Waals surface area contributed by atoms with Gasteiger partial charge in [0.15, 0.2) is 6.61 Å². The van der Waals surface area contributed by atoms with Gasteiger partial charge in [-0.15, -0.1) is 0 Å². The molecule has 42 heavy (non-hydrogen) atoms. The van der Waals surface area contributed by atoms with Crippen LogP contribution < -0.4 is 10.2 Å². The van der Waals surface area contributed by atoms with Crippen molar-refractivity contribution in [3.63, 3.8) is 0 Å². The van der Waals surface area contributed by atoms with E-state index in [2.05, 4.69) is 10.5 Å². The molecule has 1 aromatic heterocycles. The van der Waals surface area contributed by atoms with Crippen molar-refractivity contribution in [2.75, 3.05) is 13.2 Å². The molecular weight excluding hydrogens is 554 g/mol. The van der Waals surface area contributed by atoms with Crippen molar-refractivity contribution in [1.82, 2.24) is 10.3 Å². The Morgan fingerprint density at radius 3 is 2.50 bits per heavy atom. The molecule has 0 aliphatic heterocycles. The van der Waals surface area contributed by atoms with E-state index in [-0.39, 0.29) is 28.8 Å². The number of amides is 2. The predicted molar refractivity (Wildman–Crippen MR) is 162 cm³/mol. The summed E-state index contributed by atoms with van der Waals surface area (Å²) in [7, 11) is 0. The van der Waals surface area contributed by atoms with Crippen molar-refractivity contribution in [3.05, 3.63) is 131 Å². The van der Waals surface area contributed by atoms with Gasteiger partial charge >= 0.3 is 0 Å². The molecule has 8 nitrogen and oxygen atoms in total. The number of hydrogen-bond donors (Lipinski definition) is 2. The Morgan fingerprint density at radius 2 is 1.74 bits per heavy atom. The van der Waals surface area contributed by atoms with Gasteiger partial charge in [-0.05, 0) is 59.8 Å². The van der Waals surface area contributed by atoms with Crippen LogP contribution in [0.25, 0.3) is 10.8 Å². The summed E-state index contributed by atoms with van der Waals surface area (Å²) in [6, 6.07) is 29.0. The molecular formula is C33H28ClN3O5. The molecule has 0 saturated carbocycles. The number of fused-ring (bicyclic) bond motifs is 1. The van der Waals surface area contributed by atoms with Crippen molar-refractivity contribution < 1.29 is 23.8 Å². The highest BCUT2D eigenvalue weighted by molar-refractivity contribution is 6.32. The van der Waals surface area contributed by atoms with Crippen LogP contribution >= 0.6 is 11.6 Å². The smallest absolute Gasteiger partial charge is 0.271 e. The van der Waals surface area contributed by atoms with E-state index in [1.54, 1.807) is 23.3 Å². The molecule has 0 bridgehead atoms. The first kappa shape index (κ1) is 28.4. The maximum absolute atomic E-state index is 13.3. The number of phenols is 1. The van der Waals surface area contributed by atoms with Gasteiger partial charge in [0, 0.05) is 23.1 Å². The molecule has 0 unspecified atom stereocenters. The standard InChI is InChI=1S/C33H28ClN3O5/c34-29-19-24(12-14-30(29)38)33(40)36-35-20-25-13-15-31(28-11-5-4-10-27(25)28)42-22-32(39)37(21-26-9-6-18-41-26)17-16-23-7-2-1-3-8-23/h1-15,18-20,38H,16-17,21-22H2,(H,36,40)/b35-20+. The number of ether oxygens (including phenoxy) is 1. The van der Waals surface area contributed by atoms with Crippen LogP contribution in [-0.4, -0.2) is 41.2 Å². The first-order valence-corrected chi connectivity index (χ1v) is 13.7. The zero-order valence-electron chi connectivity index (χ0n) is 22.6. The zero-order valence-corrected chi connectivity index (χ0v) is 23.3. The largest absolute Gasteiger partial charge is 0.506 e. The quantitative estimate of drug-likeness (QED) is 0.143. The highest BCUT2D eigenvalue weighted by Gasteiger charge is 2.17. The fourth-order valence-corrected chi connectivity index (χ4v) is 4.61. The molecule has 9 heteroatoms. The highest BCUT2D eigenvalue weighted by Crippen LogP contribution is 2.28. The Balaban J connectivity index is 1.27. The Morgan fingerprint density at radius 1 is 0.952 bits per heavy atom. The van der Waals surface area contributed by atoms with Crippen LogP contribution in [0, 0.1) is 0 Å². The minimum absolute atomic E-state index is 0.0759. The minimum Gasteiger partial charge on any atom is -0.506 e. The summed E-state index contributed by atoms with van der Waals surface area (Å²) >= 11 is 5.89. The molecule has 5 rings (SSSR count). The molecule has 0 saturated heterocycles. The number of halogens is 1. The molecule has 2 amide bonds. The van der Waals surface area contributed by atoms with Gasteiger partial charge in [0.25, 0.3) is 11.8 Å². The van der Waals surface area contributed by atoms with Crippen molar-refractivity contribution >= 4 is 40.4 Å². The lowest BCUT2D eigenvalue weighted by molar-refractivity contribution is -0.134. The fourth-order valence-electron chi connectivity index (χ4n) is 4.43. The number of aromatic hydroxyl groups is 1. The molecule has 0 atom stereocenters. The zero-order chi connectivity index (χ0) is 29.3. The second-order valence-corrected chi connectivity index (χ2v) is 9.89. The third-order valence-corrected chi connectivity index (χ3v) is 6.94. The van der Waals surface area contributed by atoms with E-state index >= 15 is 0 Å². The molecule has 0 fully saturated rings. The third-order valence-electron chi connectivity index (χ3n) is 6.64. The number of nitrogens with zero attached hydrogens (tertiary/aromatic N) is 2. The number of carbonyl (C=O) groups excluding carboxylic acids is 2. The van der Waals surface area contributed by atoms with Crippen molar-refractivity contribution in [1.29, 1.82) is 0 Å². The SMILES string of the molecule is O=C(N/N=C/c1ccc(OCC(=O)N(CCc2ccccc2)Cc2ccco2)c2ccccc12)c1ccc(O)c(Cl)c1. The summed E-state index contributed by atoms with van der Waals surface area (Å²) in [5.41, 5.74) is 4.62. The summed E-state index contributed by atoms with van der Waals surface area (Å²) in [5.74, 6) is 0.520. The van der Waals surface area contributed by atoms with Crippen LogP contribution in [0.1, 0.15) is 27.2 Å². The maximum atomic E-state index is 13.3. The van der Waals surface area contributed by atoms with Gasteiger partial charge in [-0.1, -0.05) is 66.2 Å². The first-order chi connectivity index (χ1) is 20.5. The molecule has 5 aromatic rings. The third kappa shape index (κ3) is 7.16. The molecule has 0 aliphatic rings. The van der Waals surface area contributed by atoms with Gasteiger partial charge in [0.05, 0.1) is 24.0 Å². The van der Waals surface area contributed by atoms with Gasteiger partial charge in [0.2, 0.25) is 0 Å². The van der Waals surface area contributed by atoms with Gasteiger partial charge in [-0.25, -0.2) is 5.43 Å². The normalized spacial score (nSPS) is 11.1. The number of benzene rings is 4. The van der Waals surface area contributed by atoms with Crippen molar-refractivity contribution in [2.45, 2.75) is 13.0 Å². The van der Waals surface area contributed by atoms with E-state index in [0.717, 1.165) is 21.9 Å². The van der Waals surface area contributed by atoms with Gasteiger partial charge in [0.1, 0.15) is 17.3 Å². The van der Waals surface area contributed by atoms with E-state index in [1.807, 2.05) is 66.7 Å². The number of furan rings is 1. The fraction of sp³-hybridized carbons (Fsp3) is 0.121. The molecule has 1 heterocycles. The van der Waals surface area contributed by atoms with Crippen LogP contribution in [0.4, 0.5) is 0 Å². The predicted octanol–water partition coefficient (Wildman–Crippen LogP) is 6.21. The van der Waals surface area contributed by atoms with E-state index in [1.165, 1.54) is 24.4 Å². The number of nitrogens with one attached hydrogen (secondary N) is 1. The lowest BCUT2D eigenvalue weighted by Crippen LogP contribution is -2.36. The lowest BCUT2D eigenvalue weighted by Gasteiger charge is -2.22. The van der Waals surface area contributed by atoms with Crippen LogP contribution in [0.15, 0.2) is 113 Å². The monoisotopic (exact) mass is 581 g/mol. The van der Waals surface area contributed by atoms with E-state index in [4.69, 9.17) is 20.8 Å². The van der Waals surface area contributed by atoms with Gasteiger partial charge < -0.3 is 19.2 Å². The number of phenolic OH excluding ortho intramolecular Hbond substituents is 1. The average molecular weight is 582 g/mol. The molecule has 212 valence electrons. The van der Waals surface area contributed by atoms with Gasteiger partial charge in [-0.2, -0.15) is 5.10 Å². The molecule has 2 N–H and O–H groups in total. The summed E-state index contributed by atoms with van der Waals surface area (Å²) in [6.07, 6.45) is 3.84. The summed E-state index contributed by atoms with van der Waals surface area (Å²) in [4.78, 5) is 27.5. The second-order valence-electron chi connectivity index (χ2n) is 9.48. The van der Waals surface area contributed by atoms with E-state index in [9.17, 15) is 14.7 Å². The van der Waals surface area contributed by atoms with Crippen molar-refractivity contribution in [2.24, 2.45) is 5.10 Å². The Bertz CT molecular complexity index is 1700. The van der Waals surface area contributed by atoms with Crippen LogP contribution in [0.3, 0.4) is 0 Å². The molecule has 0 spiro atoms. The second kappa shape index (κ2) is 13.5. The van der Waals surface area contributed by atoms with Crippen LogP contribution in [0.2, 0.25) is 5.02 Å². The number of hydrazone groups is 1. The summed E-state index contributed by atoms with van der Waals surface area (Å²) < 4.78 is 11.5. The first-order valence-electron chi connectivity index (χ1n) is 13.3. The topological polar surface area (TPSA) is 104 Å². The van der Waals surface area contributed by atoms with Gasteiger partial charge in [-0.3, -0.25) is 9.59 Å². The highest BCUT2D eigenvalue weighted by atomic mass is 35.5.